The Balaban J connectivity index is 2.27. The lowest BCUT2D eigenvalue weighted by Gasteiger charge is -2.12. The molecule has 5 N–H and O–H groups in total. The van der Waals surface area contributed by atoms with E-state index >= 15 is 0 Å². The molecule has 1 aromatic carbocycles. The topological polar surface area (TPSA) is 111 Å². The van der Waals surface area contributed by atoms with Crippen molar-refractivity contribution < 1.29 is 9.59 Å². The maximum absolute atomic E-state index is 11.9. The van der Waals surface area contributed by atoms with E-state index in [0.717, 1.165) is 11.1 Å². The third-order valence-corrected chi connectivity index (χ3v) is 2.88. The molecule has 0 bridgehead atoms. The molecule has 1 unspecified atom stereocenters. The lowest BCUT2D eigenvalue weighted by Crippen LogP contribution is -2.39. The average Bonchev–Trinajstić information content (AvgIpc) is 2.38. The SMILES string of the molecule is Cc1ccc2cccc(NC(=O)C(N)CC(N)=O)c2n1. The zero-order chi connectivity index (χ0) is 14.7. The third kappa shape index (κ3) is 3.10. The Morgan fingerprint density at radius 1 is 1.30 bits per heavy atom. The number of hydrogen-bond acceptors (Lipinski definition) is 4. The van der Waals surface area contributed by atoms with Crippen LogP contribution in [0, 0.1) is 6.92 Å². The van der Waals surface area contributed by atoms with Crippen LogP contribution in [-0.4, -0.2) is 22.8 Å². The standard InChI is InChI=1S/C14H16N4O2/c1-8-5-6-9-3-2-4-11(13(9)17-8)18-14(20)10(15)7-12(16)19/h2-6,10H,7,15H2,1H3,(H2,16,19)(H,18,20). The van der Waals surface area contributed by atoms with Crippen LogP contribution in [0.3, 0.4) is 0 Å². The number of primary amides is 1. The first-order chi connectivity index (χ1) is 9.47. The highest BCUT2D eigenvalue weighted by Gasteiger charge is 2.17. The molecule has 0 radical (unpaired) electrons. The van der Waals surface area contributed by atoms with Crippen LogP contribution < -0.4 is 16.8 Å². The molecule has 0 saturated heterocycles. The number of carbonyl (C=O) groups excluding carboxylic acids is 2. The van der Waals surface area contributed by atoms with Crippen LogP contribution in [0.1, 0.15) is 12.1 Å². The van der Waals surface area contributed by atoms with E-state index in [0.29, 0.717) is 11.2 Å². The smallest absolute Gasteiger partial charge is 0.241 e. The molecule has 0 aliphatic rings. The van der Waals surface area contributed by atoms with E-state index in [1.54, 1.807) is 6.07 Å². The second-order valence-electron chi connectivity index (χ2n) is 4.60. The van der Waals surface area contributed by atoms with Gasteiger partial charge in [-0.25, -0.2) is 0 Å². The van der Waals surface area contributed by atoms with Crippen LogP contribution in [0.2, 0.25) is 0 Å². The van der Waals surface area contributed by atoms with Crippen molar-refractivity contribution in [1.82, 2.24) is 4.98 Å². The second-order valence-corrected chi connectivity index (χ2v) is 4.60. The molecule has 0 saturated carbocycles. The molecule has 20 heavy (non-hydrogen) atoms. The van der Waals surface area contributed by atoms with Gasteiger partial charge in [0.2, 0.25) is 11.8 Å². The van der Waals surface area contributed by atoms with Gasteiger partial charge in [0.05, 0.1) is 23.7 Å². The van der Waals surface area contributed by atoms with Gasteiger partial charge in [0.15, 0.2) is 0 Å². The minimum Gasteiger partial charge on any atom is -0.370 e. The highest BCUT2D eigenvalue weighted by molar-refractivity contribution is 6.03. The maximum Gasteiger partial charge on any atom is 0.241 e. The number of amides is 2. The Labute approximate surface area is 116 Å². The van der Waals surface area contributed by atoms with E-state index in [4.69, 9.17) is 11.5 Å². The number of nitrogens with two attached hydrogens (primary N) is 2. The number of hydrogen-bond donors (Lipinski definition) is 3. The van der Waals surface area contributed by atoms with Crippen molar-refractivity contribution in [3.05, 3.63) is 36.0 Å². The number of rotatable bonds is 4. The Bertz CT molecular complexity index is 669. The van der Waals surface area contributed by atoms with Gasteiger partial charge in [0.25, 0.3) is 0 Å². The third-order valence-electron chi connectivity index (χ3n) is 2.88. The van der Waals surface area contributed by atoms with Gasteiger partial charge in [-0.2, -0.15) is 0 Å². The number of aromatic nitrogens is 1. The van der Waals surface area contributed by atoms with E-state index in [1.165, 1.54) is 0 Å². The van der Waals surface area contributed by atoms with E-state index in [9.17, 15) is 9.59 Å². The predicted molar refractivity (Wildman–Crippen MR) is 76.9 cm³/mol. The summed E-state index contributed by atoms with van der Waals surface area (Å²) in [6.07, 6.45) is -0.191. The number of nitrogens with one attached hydrogen (secondary N) is 1. The van der Waals surface area contributed by atoms with E-state index in [2.05, 4.69) is 10.3 Å². The van der Waals surface area contributed by atoms with Crippen molar-refractivity contribution in [2.45, 2.75) is 19.4 Å². The van der Waals surface area contributed by atoms with Crippen LogP contribution >= 0.6 is 0 Å². The largest absolute Gasteiger partial charge is 0.370 e. The Hall–Kier alpha value is -2.47. The molecule has 1 heterocycles. The minimum absolute atomic E-state index is 0.191. The lowest BCUT2D eigenvalue weighted by molar-refractivity contribution is -0.123. The van der Waals surface area contributed by atoms with Crippen LogP contribution in [0.25, 0.3) is 10.9 Å². The summed E-state index contributed by atoms with van der Waals surface area (Å²) < 4.78 is 0. The number of carbonyl (C=O) groups is 2. The number of nitrogens with zero attached hydrogens (tertiary/aromatic N) is 1. The summed E-state index contributed by atoms with van der Waals surface area (Å²) in [5.74, 6) is -1.07. The zero-order valence-electron chi connectivity index (χ0n) is 11.1. The van der Waals surface area contributed by atoms with Gasteiger partial charge in [-0.3, -0.25) is 14.6 Å². The molecule has 6 nitrogen and oxygen atoms in total. The molecule has 0 aliphatic heterocycles. The summed E-state index contributed by atoms with van der Waals surface area (Å²) in [6.45, 7) is 1.87. The molecular formula is C14H16N4O2. The summed E-state index contributed by atoms with van der Waals surface area (Å²) >= 11 is 0. The maximum atomic E-state index is 11.9. The molecule has 0 spiro atoms. The van der Waals surface area contributed by atoms with Crippen LogP contribution in [0.4, 0.5) is 5.69 Å². The van der Waals surface area contributed by atoms with Gasteiger partial charge < -0.3 is 16.8 Å². The Morgan fingerprint density at radius 2 is 2.05 bits per heavy atom. The van der Waals surface area contributed by atoms with Gasteiger partial charge in [0, 0.05) is 11.1 Å². The van der Waals surface area contributed by atoms with E-state index < -0.39 is 17.9 Å². The molecule has 104 valence electrons. The number of benzene rings is 1. The normalized spacial score (nSPS) is 12.1. The molecule has 1 atom stereocenters. The fraction of sp³-hybridized carbons (Fsp3) is 0.214. The fourth-order valence-electron chi connectivity index (χ4n) is 1.88. The van der Waals surface area contributed by atoms with Crippen molar-refractivity contribution in [2.75, 3.05) is 5.32 Å². The Kier molecular flexibility index (Phi) is 3.95. The molecule has 0 aliphatic carbocycles. The number of anilines is 1. The van der Waals surface area contributed by atoms with Crippen LogP contribution in [0.15, 0.2) is 30.3 Å². The zero-order valence-corrected chi connectivity index (χ0v) is 11.1. The molecule has 2 rings (SSSR count). The molecule has 2 amide bonds. The monoisotopic (exact) mass is 272 g/mol. The molecule has 6 heteroatoms. The van der Waals surface area contributed by atoms with Gasteiger partial charge in [-0.1, -0.05) is 18.2 Å². The number of fused-ring (bicyclic) bond motifs is 1. The number of para-hydroxylation sites is 1. The van der Waals surface area contributed by atoms with Crippen molar-refractivity contribution in [1.29, 1.82) is 0 Å². The van der Waals surface area contributed by atoms with E-state index in [1.807, 2.05) is 31.2 Å². The lowest BCUT2D eigenvalue weighted by atomic mass is 10.1. The van der Waals surface area contributed by atoms with Crippen molar-refractivity contribution in [2.24, 2.45) is 11.5 Å². The van der Waals surface area contributed by atoms with Gasteiger partial charge in [0.1, 0.15) is 0 Å². The van der Waals surface area contributed by atoms with E-state index in [-0.39, 0.29) is 6.42 Å². The van der Waals surface area contributed by atoms with Crippen molar-refractivity contribution in [3.8, 4) is 0 Å². The number of pyridine rings is 1. The summed E-state index contributed by atoms with van der Waals surface area (Å²) in [4.78, 5) is 27.1. The average molecular weight is 272 g/mol. The van der Waals surface area contributed by atoms with Gasteiger partial charge in [-0.05, 0) is 19.1 Å². The fourth-order valence-corrected chi connectivity index (χ4v) is 1.88. The van der Waals surface area contributed by atoms with Gasteiger partial charge in [-0.15, -0.1) is 0 Å². The summed E-state index contributed by atoms with van der Waals surface area (Å²) in [7, 11) is 0. The summed E-state index contributed by atoms with van der Waals surface area (Å²) in [5.41, 5.74) is 12.7. The first-order valence-corrected chi connectivity index (χ1v) is 6.18. The molecule has 2 aromatic rings. The first kappa shape index (κ1) is 14.0. The molecule has 1 aromatic heterocycles. The first-order valence-electron chi connectivity index (χ1n) is 6.18. The molecular weight excluding hydrogens is 256 g/mol. The highest BCUT2D eigenvalue weighted by atomic mass is 16.2. The molecule has 0 fully saturated rings. The van der Waals surface area contributed by atoms with Crippen molar-refractivity contribution >= 4 is 28.4 Å². The highest BCUT2D eigenvalue weighted by Crippen LogP contribution is 2.21. The summed E-state index contributed by atoms with van der Waals surface area (Å²) in [5, 5.41) is 3.60. The quantitative estimate of drug-likeness (QED) is 0.760. The predicted octanol–water partition coefficient (Wildman–Crippen LogP) is 0.684. The Morgan fingerprint density at radius 3 is 2.75 bits per heavy atom. The van der Waals surface area contributed by atoms with Gasteiger partial charge >= 0.3 is 0 Å². The van der Waals surface area contributed by atoms with Crippen LogP contribution in [-0.2, 0) is 9.59 Å². The minimum atomic E-state index is -0.965. The number of aryl methyl sites for hydroxylation is 1. The van der Waals surface area contributed by atoms with Crippen molar-refractivity contribution in [3.63, 3.8) is 0 Å². The summed E-state index contributed by atoms with van der Waals surface area (Å²) in [6, 6.07) is 8.31. The van der Waals surface area contributed by atoms with Crippen LogP contribution in [0.5, 0.6) is 0 Å². The second kappa shape index (κ2) is 5.66.